The molecule has 4 nitrogen and oxygen atoms in total. The van der Waals surface area contributed by atoms with E-state index in [1.165, 1.54) is 0 Å². The number of aromatic nitrogens is 2. The number of ether oxygens (including phenoxy) is 1. The predicted octanol–water partition coefficient (Wildman–Crippen LogP) is 2.92. The molecule has 4 heteroatoms. The zero-order valence-corrected chi connectivity index (χ0v) is 12.3. The third-order valence-electron chi connectivity index (χ3n) is 4.38. The van der Waals surface area contributed by atoms with Gasteiger partial charge in [-0.1, -0.05) is 6.92 Å². The molecule has 0 aromatic carbocycles. The Labute approximate surface area is 115 Å². The van der Waals surface area contributed by atoms with Gasteiger partial charge in [0.15, 0.2) is 0 Å². The molecule has 1 N–H and O–H groups in total. The number of hydrogen-bond donors (Lipinski definition) is 1. The fraction of sp³-hybridized carbons (Fsp3) is 0.800. The molecule has 1 unspecified atom stereocenters. The maximum absolute atomic E-state index is 10.8. The van der Waals surface area contributed by atoms with Crippen molar-refractivity contribution in [2.75, 3.05) is 6.61 Å². The number of hydrogen-bond acceptors (Lipinski definition) is 3. The van der Waals surface area contributed by atoms with E-state index in [9.17, 15) is 5.11 Å². The van der Waals surface area contributed by atoms with Crippen LogP contribution >= 0.6 is 0 Å². The summed E-state index contributed by atoms with van der Waals surface area (Å²) < 4.78 is 7.88. The van der Waals surface area contributed by atoms with Crippen LogP contribution in [0.3, 0.4) is 0 Å². The van der Waals surface area contributed by atoms with Gasteiger partial charge in [0.25, 0.3) is 0 Å². The van der Waals surface area contributed by atoms with Crippen LogP contribution in [-0.2, 0) is 11.3 Å². The molecule has 0 saturated heterocycles. The van der Waals surface area contributed by atoms with Gasteiger partial charge < -0.3 is 9.84 Å². The van der Waals surface area contributed by atoms with Gasteiger partial charge in [0, 0.05) is 19.3 Å². The molecule has 19 heavy (non-hydrogen) atoms. The highest BCUT2D eigenvalue weighted by atomic mass is 16.5. The van der Waals surface area contributed by atoms with Crippen LogP contribution in [0.25, 0.3) is 0 Å². The Morgan fingerprint density at radius 1 is 1.47 bits per heavy atom. The van der Waals surface area contributed by atoms with Gasteiger partial charge in [-0.2, -0.15) is 5.10 Å². The minimum absolute atomic E-state index is 0.422. The molecule has 2 rings (SSSR count). The van der Waals surface area contributed by atoms with Crippen LogP contribution in [0.5, 0.6) is 0 Å². The minimum Gasteiger partial charge on any atom is -0.384 e. The second-order valence-electron chi connectivity index (χ2n) is 5.65. The zero-order chi connectivity index (χ0) is 13.9. The summed E-state index contributed by atoms with van der Waals surface area (Å²) in [6, 6.07) is 1.91. The highest BCUT2D eigenvalue weighted by molar-refractivity contribution is 5.11. The maximum Gasteiger partial charge on any atom is 0.124 e. The minimum atomic E-state index is -0.581. The first-order valence-corrected chi connectivity index (χ1v) is 7.46. The lowest BCUT2D eigenvalue weighted by molar-refractivity contribution is -0.148. The van der Waals surface area contributed by atoms with E-state index in [-0.39, 0.29) is 0 Å². The molecule has 1 aliphatic carbocycles. The summed E-state index contributed by atoms with van der Waals surface area (Å²) in [5.41, 5.74) is 0.458. The molecule has 0 radical (unpaired) electrons. The second kappa shape index (κ2) is 6.06. The van der Waals surface area contributed by atoms with Gasteiger partial charge in [0.2, 0.25) is 0 Å². The molecule has 1 heterocycles. The van der Waals surface area contributed by atoms with Gasteiger partial charge in [-0.3, -0.25) is 4.68 Å². The number of nitrogens with zero attached hydrogens (tertiary/aromatic N) is 2. The molecule has 0 aliphatic heterocycles. The van der Waals surface area contributed by atoms with E-state index in [0.29, 0.717) is 6.61 Å². The summed E-state index contributed by atoms with van der Waals surface area (Å²) in [5, 5.41) is 15.1. The number of aryl methyl sites for hydroxylation is 1. The van der Waals surface area contributed by atoms with E-state index >= 15 is 0 Å². The van der Waals surface area contributed by atoms with Gasteiger partial charge in [0.1, 0.15) is 6.10 Å². The summed E-state index contributed by atoms with van der Waals surface area (Å²) in [4.78, 5) is 0. The van der Waals surface area contributed by atoms with Crippen LogP contribution in [0.15, 0.2) is 12.3 Å². The molecule has 1 aromatic heterocycles. The highest BCUT2D eigenvalue weighted by Gasteiger charge is 2.43. The number of aliphatic hydroxyl groups is 1. The van der Waals surface area contributed by atoms with Crippen molar-refractivity contribution in [1.29, 1.82) is 0 Å². The third-order valence-corrected chi connectivity index (χ3v) is 4.38. The molecule has 1 saturated carbocycles. The molecule has 1 fully saturated rings. The third kappa shape index (κ3) is 2.84. The molecule has 0 spiro atoms. The Morgan fingerprint density at radius 2 is 2.16 bits per heavy atom. The summed E-state index contributed by atoms with van der Waals surface area (Å²) in [6.07, 6.45) is 5.28. The first-order valence-electron chi connectivity index (χ1n) is 7.46. The summed E-state index contributed by atoms with van der Waals surface area (Å²) >= 11 is 0. The molecule has 1 aliphatic rings. The lowest BCUT2D eigenvalue weighted by Gasteiger charge is -2.42. The van der Waals surface area contributed by atoms with Gasteiger partial charge in [-0.15, -0.1) is 0 Å². The van der Waals surface area contributed by atoms with E-state index in [1.807, 2.05) is 24.6 Å². The van der Waals surface area contributed by atoms with E-state index in [2.05, 4.69) is 12.0 Å². The van der Waals surface area contributed by atoms with Crippen molar-refractivity contribution in [3.05, 3.63) is 18.0 Å². The summed E-state index contributed by atoms with van der Waals surface area (Å²) in [7, 11) is 0. The van der Waals surface area contributed by atoms with Crippen molar-refractivity contribution in [1.82, 2.24) is 9.78 Å². The molecule has 0 amide bonds. The smallest absolute Gasteiger partial charge is 0.124 e. The predicted molar refractivity (Wildman–Crippen MR) is 74.8 cm³/mol. The lowest BCUT2D eigenvalue weighted by atomic mass is 9.75. The van der Waals surface area contributed by atoms with Gasteiger partial charge in [0.05, 0.1) is 11.3 Å². The molecule has 0 bridgehead atoms. The largest absolute Gasteiger partial charge is 0.384 e. The standard InChI is InChI=1S/C15H26N2O2/c1-4-17-13(8-11-16-17)14(18)15(19-5-2)9-6-12(3)7-10-15/h8,11-12,14,18H,4-7,9-10H2,1-3H3. The fourth-order valence-electron chi connectivity index (χ4n) is 3.14. The van der Waals surface area contributed by atoms with Gasteiger partial charge in [-0.05, 0) is 51.5 Å². The fourth-order valence-corrected chi connectivity index (χ4v) is 3.14. The first-order chi connectivity index (χ1) is 9.13. The van der Waals surface area contributed by atoms with Crippen LogP contribution < -0.4 is 0 Å². The van der Waals surface area contributed by atoms with Crippen LogP contribution in [0, 0.1) is 5.92 Å². The molecule has 1 atom stereocenters. The highest BCUT2D eigenvalue weighted by Crippen LogP contribution is 2.43. The zero-order valence-electron chi connectivity index (χ0n) is 12.3. The number of aliphatic hydroxyl groups excluding tert-OH is 1. The summed E-state index contributed by atoms with van der Waals surface area (Å²) in [5.74, 6) is 0.733. The van der Waals surface area contributed by atoms with Crippen molar-refractivity contribution in [2.45, 2.75) is 64.7 Å². The number of rotatable bonds is 5. The van der Waals surface area contributed by atoms with Gasteiger partial charge >= 0.3 is 0 Å². The lowest BCUT2D eigenvalue weighted by Crippen LogP contribution is -2.43. The summed E-state index contributed by atoms with van der Waals surface area (Å²) in [6.45, 7) is 7.74. The monoisotopic (exact) mass is 266 g/mol. The molecular formula is C15H26N2O2. The molecule has 108 valence electrons. The van der Waals surface area contributed by atoms with Crippen molar-refractivity contribution in [3.63, 3.8) is 0 Å². The van der Waals surface area contributed by atoms with Gasteiger partial charge in [-0.25, -0.2) is 0 Å². The van der Waals surface area contributed by atoms with Crippen LogP contribution in [0.4, 0.5) is 0 Å². The SMILES string of the molecule is CCOC1(C(O)c2ccnn2CC)CCC(C)CC1. The van der Waals surface area contributed by atoms with Crippen LogP contribution in [0.2, 0.25) is 0 Å². The average Bonchev–Trinajstić information content (AvgIpc) is 2.89. The van der Waals surface area contributed by atoms with Crippen molar-refractivity contribution < 1.29 is 9.84 Å². The Morgan fingerprint density at radius 3 is 2.74 bits per heavy atom. The Hall–Kier alpha value is -0.870. The van der Waals surface area contributed by atoms with Crippen molar-refractivity contribution in [2.24, 2.45) is 5.92 Å². The Kier molecular flexibility index (Phi) is 4.63. The van der Waals surface area contributed by atoms with E-state index in [0.717, 1.165) is 43.8 Å². The topological polar surface area (TPSA) is 47.3 Å². The van der Waals surface area contributed by atoms with Crippen LogP contribution in [-0.4, -0.2) is 27.1 Å². The average molecular weight is 266 g/mol. The second-order valence-corrected chi connectivity index (χ2v) is 5.65. The maximum atomic E-state index is 10.8. The molecule has 1 aromatic rings. The molecular weight excluding hydrogens is 240 g/mol. The quantitative estimate of drug-likeness (QED) is 0.891. The van der Waals surface area contributed by atoms with E-state index < -0.39 is 11.7 Å². The van der Waals surface area contributed by atoms with Crippen LogP contribution in [0.1, 0.15) is 58.3 Å². The van der Waals surface area contributed by atoms with Crippen molar-refractivity contribution in [3.8, 4) is 0 Å². The van der Waals surface area contributed by atoms with Crippen molar-refractivity contribution >= 4 is 0 Å². The normalized spacial score (nSPS) is 29.4. The van der Waals surface area contributed by atoms with E-state index in [1.54, 1.807) is 6.20 Å². The first kappa shape index (κ1) is 14.5. The Bertz CT molecular complexity index is 395. The van der Waals surface area contributed by atoms with E-state index in [4.69, 9.17) is 4.74 Å². The Balaban J connectivity index is 2.23.